The van der Waals surface area contributed by atoms with Crippen LogP contribution in [0.2, 0.25) is 0 Å². The molecule has 0 atom stereocenters. The largest absolute Gasteiger partial charge is 0.494 e. The summed E-state index contributed by atoms with van der Waals surface area (Å²) in [5.41, 5.74) is 0.869. The molecular weight excluding hydrogens is 396 g/mol. The summed E-state index contributed by atoms with van der Waals surface area (Å²) in [6.45, 7) is 6.53. The molecular formula is C24H26N2O5. The van der Waals surface area contributed by atoms with Gasteiger partial charge in [0.1, 0.15) is 17.1 Å². The van der Waals surface area contributed by atoms with Gasteiger partial charge in [-0.25, -0.2) is 9.69 Å². The predicted molar refractivity (Wildman–Crippen MR) is 118 cm³/mol. The molecule has 2 aromatic carbocycles. The van der Waals surface area contributed by atoms with E-state index in [9.17, 15) is 14.4 Å². The second-order valence-corrected chi connectivity index (χ2v) is 7.39. The maximum Gasteiger partial charge on any atom is 0.335 e. The van der Waals surface area contributed by atoms with Crippen molar-refractivity contribution in [3.05, 3.63) is 59.7 Å². The molecule has 1 N–H and O–H groups in total. The number of urea groups is 1. The first-order valence-electron chi connectivity index (χ1n) is 10.3. The van der Waals surface area contributed by atoms with Gasteiger partial charge in [0.25, 0.3) is 11.8 Å². The fourth-order valence-electron chi connectivity index (χ4n) is 3.00. The average Bonchev–Trinajstić information content (AvgIpc) is 2.73. The summed E-state index contributed by atoms with van der Waals surface area (Å²) < 4.78 is 11.2. The predicted octanol–water partition coefficient (Wildman–Crippen LogP) is 4.32. The molecule has 0 spiro atoms. The Morgan fingerprint density at radius 1 is 0.968 bits per heavy atom. The summed E-state index contributed by atoms with van der Waals surface area (Å²) in [5, 5.41) is 2.23. The molecule has 1 heterocycles. The third-order valence-electron chi connectivity index (χ3n) is 4.53. The number of nitrogens with zero attached hydrogens (tertiary/aromatic N) is 1. The van der Waals surface area contributed by atoms with E-state index < -0.39 is 17.8 Å². The van der Waals surface area contributed by atoms with Crippen molar-refractivity contribution < 1.29 is 23.9 Å². The average molecular weight is 422 g/mol. The lowest BCUT2D eigenvalue weighted by Crippen LogP contribution is -2.54. The molecule has 3 rings (SSSR count). The summed E-state index contributed by atoms with van der Waals surface area (Å²) in [5.74, 6) is -0.0728. The van der Waals surface area contributed by atoms with Crippen LogP contribution in [-0.4, -0.2) is 30.6 Å². The van der Waals surface area contributed by atoms with Crippen LogP contribution in [0.25, 0.3) is 6.08 Å². The number of rotatable bonds is 8. The topological polar surface area (TPSA) is 84.9 Å². The first-order chi connectivity index (χ1) is 14.9. The fourth-order valence-corrected chi connectivity index (χ4v) is 3.00. The lowest BCUT2D eigenvalue weighted by atomic mass is 10.1. The molecule has 162 valence electrons. The van der Waals surface area contributed by atoms with E-state index in [1.54, 1.807) is 48.5 Å². The molecule has 1 aliphatic heterocycles. The molecule has 7 heteroatoms. The maximum atomic E-state index is 13.0. The first kappa shape index (κ1) is 22.1. The van der Waals surface area contributed by atoms with Crippen LogP contribution in [0, 0.1) is 0 Å². The Hall–Kier alpha value is -3.61. The van der Waals surface area contributed by atoms with Crippen molar-refractivity contribution >= 4 is 29.6 Å². The number of ether oxygens (including phenoxy) is 2. The van der Waals surface area contributed by atoms with Crippen molar-refractivity contribution in [2.75, 3.05) is 11.5 Å². The lowest BCUT2D eigenvalue weighted by molar-refractivity contribution is -0.122. The van der Waals surface area contributed by atoms with Crippen molar-refractivity contribution in [1.82, 2.24) is 5.32 Å². The zero-order valence-electron chi connectivity index (χ0n) is 17.9. The smallest absolute Gasteiger partial charge is 0.335 e. The normalized spacial score (nSPS) is 15.4. The summed E-state index contributed by atoms with van der Waals surface area (Å²) in [4.78, 5) is 38.6. The fraction of sp³-hybridized carbons (Fsp3) is 0.292. The van der Waals surface area contributed by atoms with E-state index in [2.05, 4.69) is 12.2 Å². The zero-order valence-corrected chi connectivity index (χ0v) is 17.9. The number of unbranched alkanes of at least 4 members (excludes halogenated alkanes) is 1. The summed E-state index contributed by atoms with van der Waals surface area (Å²) in [6, 6.07) is 12.8. The molecule has 0 radical (unpaired) electrons. The van der Waals surface area contributed by atoms with E-state index in [1.165, 1.54) is 6.08 Å². The molecule has 0 aliphatic carbocycles. The van der Waals surface area contributed by atoms with Gasteiger partial charge in [0.05, 0.1) is 18.4 Å². The van der Waals surface area contributed by atoms with Crippen LogP contribution < -0.4 is 19.7 Å². The van der Waals surface area contributed by atoms with Crippen LogP contribution in [-0.2, 0) is 9.59 Å². The molecule has 0 unspecified atom stereocenters. The molecule has 0 bridgehead atoms. The van der Waals surface area contributed by atoms with Crippen LogP contribution in [0.15, 0.2) is 54.1 Å². The number of imide groups is 2. The summed E-state index contributed by atoms with van der Waals surface area (Å²) in [7, 11) is 0. The Kier molecular flexibility index (Phi) is 7.07. The number of benzene rings is 2. The van der Waals surface area contributed by atoms with Crippen molar-refractivity contribution in [3.63, 3.8) is 0 Å². The third kappa shape index (κ3) is 5.51. The van der Waals surface area contributed by atoms with Gasteiger partial charge in [0.15, 0.2) is 0 Å². The van der Waals surface area contributed by atoms with Gasteiger partial charge in [0, 0.05) is 0 Å². The second kappa shape index (κ2) is 9.93. The highest BCUT2D eigenvalue weighted by molar-refractivity contribution is 6.39. The van der Waals surface area contributed by atoms with Gasteiger partial charge >= 0.3 is 6.03 Å². The van der Waals surface area contributed by atoms with Crippen molar-refractivity contribution in [2.45, 2.75) is 39.7 Å². The van der Waals surface area contributed by atoms with Crippen LogP contribution >= 0.6 is 0 Å². The van der Waals surface area contributed by atoms with Crippen molar-refractivity contribution in [1.29, 1.82) is 0 Å². The standard InChI is InChI=1S/C24H26N2O5/c1-4-5-14-30-19-12-8-18(9-13-19)26-23(28)21(22(27)25-24(26)29)15-17-6-10-20(11-7-17)31-16(2)3/h6-13,15-16H,4-5,14H2,1-3H3,(H,25,27,29)/b21-15-. The molecule has 0 saturated carbocycles. The van der Waals surface area contributed by atoms with Gasteiger partial charge in [-0.3, -0.25) is 14.9 Å². The minimum absolute atomic E-state index is 0.0397. The van der Waals surface area contributed by atoms with Crippen LogP contribution in [0.1, 0.15) is 39.2 Å². The molecule has 1 aliphatic rings. The van der Waals surface area contributed by atoms with E-state index in [-0.39, 0.29) is 11.7 Å². The van der Waals surface area contributed by atoms with E-state index >= 15 is 0 Å². The van der Waals surface area contributed by atoms with Gasteiger partial charge in [-0.2, -0.15) is 0 Å². The SMILES string of the molecule is CCCCOc1ccc(N2C(=O)NC(=O)/C(=C/c3ccc(OC(C)C)cc3)C2=O)cc1. The lowest BCUT2D eigenvalue weighted by Gasteiger charge is -2.26. The van der Waals surface area contributed by atoms with Crippen LogP contribution in [0.4, 0.5) is 10.5 Å². The monoisotopic (exact) mass is 422 g/mol. The quantitative estimate of drug-likeness (QED) is 0.389. The molecule has 1 saturated heterocycles. The number of barbiturate groups is 1. The van der Waals surface area contributed by atoms with E-state index in [0.29, 0.717) is 29.4 Å². The van der Waals surface area contributed by atoms with Gasteiger partial charge in [0.2, 0.25) is 0 Å². The van der Waals surface area contributed by atoms with Crippen LogP contribution in [0.5, 0.6) is 11.5 Å². The Balaban J connectivity index is 1.80. The van der Waals surface area contributed by atoms with Gasteiger partial charge < -0.3 is 9.47 Å². The van der Waals surface area contributed by atoms with Crippen molar-refractivity contribution in [2.24, 2.45) is 0 Å². The van der Waals surface area contributed by atoms with Gasteiger partial charge in [-0.05, 0) is 68.3 Å². The maximum absolute atomic E-state index is 13.0. The van der Waals surface area contributed by atoms with Gasteiger partial charge in [-0.15, -0.1) is 0 Å². The number of nitrogens with one attached hydrogen (secondary N) is 1. The minimum atomic E-state index is -0.785. The number of amides is 4. The van der Waals surface area contributed by atoms with E-state index in [0.717, 1.165) is 17.7 Å². The highest BCUT2D eigenvalue weighted by Gasteiger charge is 2.36. The minimum Gasteiger partial charge on any atom is -0.494 e. The summed E-state index contributed by atoms with van der Waals surface area (Å²) in [6.07, 6.45) is 3.46. The van der Waals surface area contributed by atoms with Gasteiger partial charge in [-0.1, -0.05) is 25.5 Å². The first-order valence-corrected chi connectivity index (χ1v) is 10.3. The third-order valence-corrected chi connectivity index (χ3v) is 4.53. The van der Waals surface area contributed by atoms with Crippen LogP contribution in [0.3, 0.4) is 0 Å². The Bertz CT molecular complexity index is 978. The van der Waals surface area contributed by atoms with E-state index in [1.807, 2.05) is 13.8 Å². The van der Waals surface area contributed by atoms with Crippen molar-refractivity contribution in [3.8, 4) is 11.5 Å². The molecule has 2 aromatic rings. The molecule has 7 nitrogen and oxygen atoms in total. The number of carbonyl (C=O) groups is 3. The molecule has 0 aromatic heterocycles. The Morgan fingerprint density at radius 2 is 1.61 bits per heavy atom. The molecule has 1 fully saturated rings. The molecule has 4 amide bonds. The zero-order chi connectivity index (χ0) is 22.4. The number of hydrogen-bond acceptors (Lipinski definition) is 5. The second-order valence-electron chi connectivity index (χ2n) is 7.39. The highest BCUT2D eigenvalue weighted by atomic mass is 16.5. The number of hydrogen-bond donors (Lipinski definition) is 1. The summed E-state index contributed by atoms with van der Waals surface area (Å²) >= 11 is 0. The highest BCUT2D eigenvalue weighted by Crippen LogP contribution is 2.25. The Labute approximate surface area is 181 Å². The van der Waals surface area contributed by atoms with E-state index in [4.69, 9.17) is 9.47 Å². The number of anilines is 1. The number of carbonyl (C=O) groups excluding carboxylic acids is 3. The Morgan fingerprint density at radius 3 is 2.23 bits per heavy atom. The molecule has 31 heavy (non-hydrogen) atoms.